The monoisotopic (exact) mass is 279 g/mol. The predicted molar refractivity (Wildman–Crippen MR) is 77.9 cm³/mol. The minimum atomic E-state index is -0.438. The van der Waals surface area contributed by atoms with Gasteiger partial charge in [-0.05, 0) is 38.3 Å². The highest BCUT2D eigenvalue weighted by Gasteiger charge is 2.24. The number of nitrogens with zero attached hydrogens (tertiary/aromatic N) is 1. The molecule has 0 N–H and O–H groups in total. The summed E-state index contributed by atoms with van der Waals surface area (Å²) in [6.07, 6.45) is 3.20. The average Bonchev–Trinajstić information content (AvgIpc) is 2.44. The van der Waals surface area contributed by atoms with Gasteiger partial charge in [0.1, 0.15) is 5.82 Å². The van der Waals surface area contributed by atoms with E-state index >= 15 is 0 Å². The molecule has 1 unspecified atom stereocenters. The van der Waals surface area contributed by atoms with Gasteiger partial charge in [0.15, 0.2) is 5.78 Å². The van der Waals surface area contributed by atoms with E-state index in [0.29, 0.717) is 5.69 Å². The Kier molecular flexibility index (Phi) is 5.12. The lowest BCUT2D eigenvalue weighted by molar-refractivity contribution is 0.0440. The quantitative estimate of drug-likeness (QED) is 0.773. The van der Waals surface area contributed by atoms with Crippen molar-refractivity contribution in [3.8, 4) is 0 Å². The molecule has 3 nitrogen and oxygen atoms in total. The van der Waals surface area contributed by atoms with E-state index in [4.69, 9.17) is 4.74 Å². The zero-order chi connectivity index (χ0) is 14.5. The summed E-state index contributed by atoms with van der Waals surface area (Å²) >= 11 is 0. The maximum atomic E-state index is 13.9. The summed E-state index contributed by atoms with van der Waals surface area (Å²) in [5.41, 5.74) is 0.894. The first-order valence-electron chi connectivity index (χ1n) is 7.29. The molecular weight excluding hydrogens is 257 g/mol. The number of ether oxygens (including phenoxy) is 1. The van der Waals surface area contributed by atoms with Gasteiger partial charge in [-0.15, -0.1) is 0 Å². The van der Waals surface area contributed by atoms with Gasteiger partial charge in [0.2, 0.25) is 0 Å². The molecule has 2 rings (SSSR count). The number of benzene rings is 1. The summed E-state index contributed by atoms with van der Waals surface area (Å²) in [7, 11) is 0. The highest BCUT2D eigenvalue weighted by molar-refractivity contribution is 6.00. The predicted octanol–water partition coefficient (Wildman–Crippen LogP) is 3.42. The van der Waals surface area contributed by atoms with Crippen molar-refractivity contribution < 1.29 is 13.9 Å². The van der Waals surface area contributed by atoms with Gasteiger partial charge in [0.25, 0.3) is 0 Å². The molecule has 1 aromatic rings. The molecule has 0 radical (unpaired) electrons. The Morgan fingerprint density at radius 2 is 2.30 bits per heavy atom. The lowest BCUT2D eigenvalue weighted by Crippen LogP contribution is -2.40. The summed E-state index contributed by atoms with van der Waals surface area (Å²) in [5, 5.41) is 0. The number of hydrogen-bond acceptors (Lipinski definition) is 3. The normalized spacial score (nSPS) is 19.1. The van der Waals surface area contributed by atoms with Crippen molar-refractivity contribution in [2.45, 2.75) is 39.2 Å². The third-order valence-corrected chi connectivity index (χ3v) is 3.62. The second-order valence-corrected chi connectivity index (χ2v) is 5.27. The largest absolute Gasteiger partial charge is 0.376 e. The summed E-state index contributed by atoms with van der Waals surface area (Å²) in [6.45, 7) is 5.82. The molecule has 1 fully saturated rings. The highest BCUT2D eigenvalue weighted by atomic mass is 19.1. The van der Waals surface area contributed by atoms with E-state index in [1.54, 1.807) is 6.07 Å². The van der Waals surface area contributed by atoms with Crippen molar-refractivity contribution in [2.75, 3.05) is 24.6 Å². The van der Waals surface area contributed by atoms with E-state index < -0.39 is 5.82 Å². The molecule has 1 aliphatic rings. The van der Waals surface area contributed by atoms with Crippen molar-refractivity contribution in [2.24, 2.45) is 0 Å². The zero-order valence-corrected chi connectivity index (χ0v) is 12.2. The van der Waals surface area contributed by atoms with Crippen LogP contribution in [0.3, 0.4) is 0 Å². The van der Waals surface area contributed by atoms with Crippen LogP contribution in [0.5, 0.6) is 0 Å². The maximum absolute atomic E-state index is 13.9. The minimum absolute atomic E-state index is 0.173. The van der Waals surface area contributed by atoms with Gasteiger partial charge in [-0.3, -0.25) is 4.79 Å². The van der Waals surface area contributed by atoms with Gasteiger partial charge >= 0.3 is 0 Å². The molecule has 1 aliphatic heterocycles. The highest BCUT2D eigenvalue weighted by Crippen LogP contribution is 2.27. The third-order valence-electron chi connectivity index (χ3n) is 3.62. The SMILES string of the molecule is CCCOC1CCCN(c2cccc(F)c2C(C)=O)C1. The van der Waals surface area contributed by atoms with Crippen LogP contribution in [0.4, 0.5) is 10.1 Å². The van der Waals surface area contributed by atoms with Crippen LogP contribution in [0.2, 0.25) is 0 Å². The van der Waals surface area contributed by atoms with E-state index in [1.165, 1.54) is 13.0 Å². The first kappa shape index (κ1) is 15.0. The fourth-order valence-electron chi connectivity index (χ4n) is 2.70. The van der Waals surface area contributed by atoms with Gasteiger partial charge in [0.05, 0.1) is 17.4 Å². The van der Waals surface area contributed by atoms with Crippen molar-refractivity contribution in [3.05, 3.63) is 29.6 Å². The third kappa shape index (κ3) is 3.37. The number of halogens is 1. The lowest BCUT2D eigenvalue weighted by Gasteiger charge is -2.35. The summed E-state index contributed by atoms with van der Waals surface area (Å²) < 4.78 is 19.7. The minimum Gasteiger partial charge on any atom is -0.376 e. The molecular formula is C16H22FNO2. The number of carbonyl (C=O) groups is 1. The Labute approximate surface area is 119 Å². The average molecular weight is 279 g/mol. The molecule has 20 heavy (non-hydrogen) atoms. The number of rotatable bonds is 5. The number of anilines is 1. The molecule has 1 aromatic carbocycles. The van der Waals surface area contributed by atoms with Crippen LogP contribution in [0, 0.1) is 5.82 Å². The Bertz CT molecular complexity index is 476. The first-order chi connectivity index (χ1) is 9.63. The van der Waals surface area contributed by atoms with Crippen LogP contribution in [-0.2, 0) is 4.74 Å². The number of hydrogen-bond donors (Lipinski definition) is 0. The van der Waals surface area contributed by atoms with Crippen molar-refractivity contribution in [3.63, 3.8) is 0 Å². The van der Waals surface area contributed by atoms with Gasteiger partial charge < -0.3 is 9.64 Å². The Morgan fingerprint density at radius 1 is 1.50 bits per heavy atom. The molecule has 0 aromatic heterocycles. The van der Waals surface area contributed by atoms with Crippen LogP contribution >= 0.6 is 0 Å². The second-order valence-electron chi connectivity index (χ2n) is 5.27. The van der Waals surface area contributed by atoms with Crippen molar-refractivity contribution in [1.29, 1.82) is 0 Å². The summed E-state index contributed by atoms with van der Waals surface area (Å²) in [4.78, 5) is 13.8. The molecule has 4 heteroatoms. The molecule has 110 valence electrons. The lowest BCUT2D eigenvalue weighted by atomic mass is 10.0. The van der Waals surface area contributed by atoms with Crippen LogP contribution < -0.4 is 4.90 Å². The number of ketones is 1. The molecule has 0 saturated carbocycles. The number of Topliss-reactive ketones (excluding diaryl/α,β-unsaturated/α-hetero) is 1. The fourth-order valence-corrected chi connectivity index (χ4v) is 2.70. The summed E-state index contributed by atoms with van der Waals surface area (Å²) in [6, 6.07) is 4.82. The van der Waals surface area contributed by atoms with E-state index in [9.17, 15) is 9.18 Å². The molecule has 1 atom stereocenters. The molecule has 0 spiro atoms. The number of piperidine rings is 1. The molecule has 1 heterocycles. The Balaban J connectivity index is 2.18. The maximum Gasteiger partial charge on any atom is 0.164 e. The van der Waals surface area contributed by atoms with Gasteiger partial charge in [-0.25, -0.2) is 4.39 Å². The van der Waals surface area contributed by atoms with E-state index in [-0.39, 0.29) is 17.5 Å². The van der Waals surface area contributed by atoms with Gasteiger partial charge in [-0.2, -0.15) is 0 Å². The van der Waals surface area contributed by atoms with Crippen LogP contribution in [0.1, 0.15) is 43.5 Å². The topological polar surface area (TPSA) is 29.5 Å². The molecule has 0 bridgehead atoms. The fraction of sp³-hybridized carbons (Fsp3) is 0.562. The Morgan fingerprint density at radius 3 is 3.00 bits per heavy atom. The molecule has 0 amide bonds. The van der Waals surface area contributed by atoms with E-state index in [2.05, 4.69) is 11.8 Å². The van der Waals surface area contributed by atoms with Crippen molar-refractivity contribution >= 4 is 11.5 Å². The number of carbonyl (C=O) groups excluding carboxylic acids is 1. The smallest absolute Gasteiger partial charge is 0.164 e. The molecule has 1 saturated heterocycles. The van der Waals surface area contributed by atoms with E-state index in [0.717, 1.165) is 39.0 Å². The molecule has 0 aliphatic carbocycles. The van der Waals surface area contributed by atoms with E-state index in [1.807, 2.05) is 6.07 Å². The standard InChI is InChI=1S/C16H22FNO2/c1-3-10-20-13-6-5-9-18(11-13)15-8-4-7-14(17)16(15)12(2)19/h4,7-8,13H,3,5-6,9-11H2,1-2H3. The van der Waals surface area contributed by atoms with Gasteiger partial charge in [-0.1, -0.05) is 13.0 Å². The Hall–Kier alpha value is -1.42. The van der Waals surface area contributed by atoms with Crippen LogP contribution in [0.15, 0.2) is 18.2 Å². The van der Waals surface area contributed by atoms with Crippen LogP contribution in [-0.4, -0.2) is 31.6 Å². The first-order valence-corrected chi connectivity index (χ1v) is 7.29. The van der Waals surface area contributed by atoms with Crippen LogP contribution in [0.25, 0.3) is 0 Å². The van der Waals surface area contributed by atoms with Gasteiger partial charge in [0, 0.05) is 19.7 Å². The van der Waals surface area contributed by atoms with Crippen molar-refractivity contribution in [1.82, 2.24) is 0 Å². The second kappa shape index (κ2) is 6.84. The summed E-state index contributed by atoms with van der Waals surface area (Å²) in [5.74, 6) is -0.665. The zero-order valence-electron chi connectivity index (χ0n) is 12.2.